The molecule has 1 saturated carbocycles. The van der Waals surface area contributed by atoms with Crippen molar-refractivity contribution < 1.29 is 78.7 Å². The molecule has 0 aromatic heterocycles. The van der Waals surface area contributed by atoms with E-state index in [2.05, 4.69) is 19.2 Å². The van der Waals surface area contributed by atoms with E-state index in [1.165, 1.54) is 128 Å². The van der Waals surface area contributed by atoms with Gasteiger partial charge in [-0.2, -0.15) is 0 Å². The molecule has 2 aliphatic rings. The number of aliphatic hydroxyl groups is 9. The smallest absolute Gasteiger partial charge is 0.394 e. The fraction of sp³-hybridized carbons (Fsp3) is 0.980. The van der Waals surface area contributed by atoms with Crippen LogP contribution in [0.2, 0.25) is 0 Å². The molecule has 1 heterocycles. The Morgan fingerprint density at radius 3 is 1.35 bits per heavy atom. The van der Waals surface area contributed by atoms with Crippen LogP contribution < -0.4 is 5.32 Å². The normalized spacial score (nSPS) is 28.3. The fourth-order valence-electron chi connectivity index (χ4n) is 9.27. The fourth-order valence-corrected chi connectivity index (χ4v) is 10.2. The highest BCUT2D eigenvalue weighted by Crippen LogP contribution is 2.48. The van der Waals surface area contributed by atoms with Crippen LogP contribution in [-0.4, -0.2) is 149 Å². The summed E-state index contributed by atoms with van der Waals surface area (Å²) in [6.45, 7) is 2.94. The van der Waals surface area contributed by atoms with E-state index in [-0.39, 0.29) is 18.7 Å². The largest absolute Gasteiger partial charge is 0.472 e. The van der Waals surface area contributed by atoms with E-state index in [1.807, 2.05) is 0 Å². The van der Waals surface area contributed by atoms with Crippen molar-refractivity contribution >= 4 is 13.7 Å². The van der Waals surface area contributed by atoms with E-state index in [1.54, 1.807) is 0 Å². The highest BCUT2D eigenvalue weighted by molar-refractivity contribution is 7.47. The van der Waals surface area contributed by atoms with Crippen LogP contribution in [0.15, 0.2) is 0 Å². The molecule has 1 aliphatic heterocycles. The van der Waals surface area contributed by atoms with Crippen LogP contribution in [0.1, 0.15) is 219 Å². The van der Waals surface area contributed by atoms with Crippen LogP contribution in [0.4, 0.5) is 0 Å². The molecule has 0 aromatic rings. The van der Waals surface area contributed by atoms with Crippen LogP contribution in [-0.2, 0) is 27.9 Å². The van der Waals surface area contributed by atoms with Crippen molar-refractivity contribution in [1.82, 2.24) is 5.32 Å². The van der Waals surface area contributed by atoms with Gasteiger partial charge in [-0.3, -0.25) is 13.8 Å². The van der Waals surface area contributed by atoms with Gasteiger partial charge >= 0.3 is 7.82 Å². The third-order valence-corrected chi connectivity index (χ3v) is 14.8. The van der Waals surface area contributed by atoms with Crippen molar-refractivity contribution in [3.05, 3.63) is 0 Å². The lowest BCUT2D eigenvalue weighted by molar-refractivity contribution is -0.338. The van der Waals surface area contributed by atoms with E-state index < -0.39 is 101 Å². The molecule has 14 atom stereocenters. The van der Waals surface area contributed by atoms with Gasteiger partial charge in [-0.1, -0.05) is 200 Å². The molecule has 0 bridgehead atoms. The lowest BCUT2D eigenvalue weighted by Crippen LogP contribution is -2.67. The first-order valence-corrected chi connectivity index (χ1v) is 28.5. The first kappa shape index (κ1) is 63.3. The Kier molecular flexibility index (Phi) is 35.2. The maximum absolute atomic E-state index is 13.5. The Bertz CT molecular complexity index is 1290. The Labute approximate surface area is 408 Å². The maximum Gasteiger partial charge on any atom is 0.472 e. The summed E-state index contributed by atoms with van der Waals surface area (Å²) in [6, 6.07) is -1.13. The molecule has 0 aromatic carbocycles. The van der Waals surface area contributed by atoms with Gasteiger partial charge in [0.2, 0.25) is 5.91 Å². The number of aliphatic hydroxyl groups excluding tert-OH is 9. The minimum absolute atomic E-state index is 0.178. The first-order valence-electron chi connectivity index (χ1n) is 27.0. The van der Waals surface area contributed by atoms with Gasteiger partial charge in [0.15, 0.2) is 6.29 Å². The number of nitrogens with one attached hydrogen (secondary N) is 1. The Morgan fingerprint density at radius 2 is 0.926 bits per heavy atom. The molecule has 7 unspecified atom stereocenters. The molecular weight excluding hydrogens is 902 g/mol. The van der Waals surface area contributed by atoms with E-state index in [0.717, 1.165) is 51.4 Å². The van der Waals surface area contributed by atoms with Crippen LogP contribution >= 0.6 is 7.82 Å². The summed E-state index contributed by atoms with van der Waals surface area (Å²) in [4.78, 5) is 24.1. The van der Waals surface area contributed by atoms with E-state index in [4.69, 9.17) is 18.5 Å². The van der Waals surface area contributed by atoms with Gasteiger partial charge in [0.25, 0.3) is 0 Å². The molecule has 0 spiro atoms. The van der Waals surface area contributed by atoms with Crippen LogP contribution in [0.5, 0.6) is 0 Å². The first-order chi connectivity index (χ1) is 32.7. The highest BCUT2D eigenvalue weighted by atomic mass is 31.2. The predicted molar refractivity (Wildman–Crippen MR) is 260 cm³/mol. The number of ether oxygens (including phenoxy) is 2. The number of phosphoric ester groups is 1. The van der Waals surface area contributed by atoms with E-state index in [0.29, 0.717) is 12.8 Å². The molecule has 404 valence electrons. The average molecular weight is 1000 g/mol. The summed E-state index contributed by atoms with van der Waals surface area (Å²) in [7, 11) is -5.31. The molecule has 1 saturated heterocycles. The molecule has 17 nitrogen and oxygen atoms in total. The quantitative estimate of drug-likeness (QED) is 0.0230. The van der Waals surface area contributed by atoms with Crippen molar-refractivity contribution in [3.63, 3.8) is 0 Å². The van der Waals surface area contributed by atoms with Crippen molar-refractivity contribution in [2.75, 3.05) is 13.2 Å². The van der Waals surface area contributed by atoms with Gasteiger partial charge in [0, 0.05) is 6.42 Å². The number of hydrogen-bond donors (Lipinski definition) is 11. The maximum atomic E-state index is 13.5. The minimum atomic E-state index is -5.31. The molecule has 11 N–H and O–H groups in total. The zero-order valence-corrected chi connectivity index (χ0v) is 42.8. The van der Waals surface area contributed by atoms with Gasteiger partial charge in [-0.15, -0.1) is 0 Å². The molecule has 2 fully saturated rings. The molecule has 68 heavy (non-hydrogen) atoms. The minimum Gasteiger partial charge on any atom is -0.394 e. The number of rotatable bonds is 42. The monoisotopic (exact) mass is 1000 g/mol. The number of hydrogen-bond acceptors (Lipinski definition) is 15. The second kappa shape index (κ2) is 37.8. The molecule has 1 amide bonds. The average Bonchev–Trinajstić information content (AvgIpc) is 3.32. The second-order valence-corrected chi connectivity index (χ2v) is 21.2. The van der Waals surface area contributed by atoms with Gasteiger partial charge in [0.05, 0.1) is 25.4 Å². The third-order valence-electron chi connectivity index (χ3n) is 13.8. The van der Waals surface area contributed by atoms with Crippen molar-refractivity contribution in [1.29, 1.82) is 0 Å². The summed E-state index contributed by atoms with van der Waals surface area (Å²) in [5.41, 5.74) is 0. The van der Waals surface area contributed by atoms with E-state index >= 15 is 0 Å². The van der Waals surface area contributed by atoms with Crippen molar-refractivity contribution in [2.24, 2.45) is 0 Å². The molecule has 0 radical (unpaired) electrons. The zero-order valence-electron chi connectivity index (χ0n) is 41.9. The predicted octanol–water partition coefficient (Wildman–Crippen LogP) is 6.50. The lowest BCUT2D eigenvalue weighted by atomic mass is 9.84. The Morgan fingerprint density at radius 1 is 0.544 bits per heavy atom. The van der Waals surface area contributed by atoms with Crippen LogP contribution in [0.25, 0.3) is 0 Å². The van der Waals surface area contributed by atoms with E-state index in [9.17, 15) is 60.2 Å². The SMILES string of the molecule is CCCCCCCCCCCCCCCCCC(=O)N[C@@H](COP(=O)(O)O[C@H]1C(O)C(O)C(O)[C@@H](O)C1O[C@H]1O[C@H](CO)[C@@H](O)C(O)C1O)[C@H](O)CCCCCCCCCCCCCCCCC. The summed E-state index contributed by atoms with van der Waals surface area (Å²) in [5, 5.41) is 97.3. The number of amides is 1. The number of unbranched alkanes of at least 4 members (excludes halogenated alkanes) is 28. The van der Waals surface area contributed by atoms with Gasteiger partial charge in [-0.05, 0) is 12.8 Å². The zero-order chi connectivity index (χ0) is 50.2. The second-order valence-electron chi connectivity index (χ2n) is 19.8. The van der Waals surface area contributed by atoms with Crippen LogP contribution in [0, 0.1) is 0 Å². The molecule has 18 heteroatoms. The van der Waals surface area contributed by atoms with Gasteiger partial charge in [-0.25, -0.2) is 4.57 Å². The lowest BCUT2D eigenvalue weighted by Gasteiger charge is -2.47. The topological polar surface area (TPSA) is 285 Å². The van der Waals surface area contributed by atoms with Gasteiger partial charge in [0.1, 0.15) is 61.0 Å². The highest BCUT2D eigenvalue weighted by Gasteiger charge is 2.55. The molecular formula is C50H98NO16P. The Hall–Kier alpha value is -0.860. The van der Waals surface area contributed by atoms with Crippen LogP contribution in [0.3, 0.4) is 0 Å². The Balaban J connectivity index is 1.93. The summed E-state index contributed by atoms with van der Waals surface area (Å²) in [6.07, 6.45) is 12.9. The van der Waals surface area contributed by atoms with Gasteiger partial charge < -0.3 is 65.6 Å². The van der Waals surface area contributed by atoms with Crippen molar-refractivity contribution in [3.8, 4) is 0 Å². The third kappa shape index (κ3) is 25.7. The summed E-state index contributed by atoms with van der Waals surface area (Å²) < 4.78 is 34.9. The summed E-state index contributed by atoms with van der Waals surface area (Å²) >= 11 is 0. The summed E-state index contributed by atoms with van der Waals surface area (Å²) in [5.74, 6) is -0.367. The number of phosphoric acid groups is 1. The standard InChI is InChI=1S/C50H98NO16P/c1-3-5-7-9-11-13-15-17-19-21-23-25-27-29-31-33-38(53)37(51-40(54)34-32-30-28-26-24-22-20-18-16-14-12-10-8-6-4-2)36-64-68(62,63)67-49-46(60)44(58)43(57)45(59)48(49)66-50-47(61)42(56)41(55)39(35-52)65-50/h37-39,41-50,52-53,55-61H,3-36H2,1-2H3,(H,51,54)(H,62,63)/t37-,38+,39+,41+,42?,43?,44?,45+,46?,47?,48?,49-,50+/m0/s1. The molecule has 1 aliphatic carbocycles. The number of carbonyl (C=O) groups excluding carboxylic acids is 1. The molecule has 2 rings (SSSR count). The van der Waals surface area contributed by atoms with Crippen molar-refractivity contribution in [2.45, 2.75) is 299 Å². The number of carbonyl (C=O) groups is 1.